The molecule has 4 unspecified atom stereocenters. The summed E-state index contributed by atoms with van der Waals surface area (Å²) in [6.45, 7) is 0. The van der Waals surface area contributed by atoms with Gasteiger partial charge < -0.3 is 15.6 Å². The van der Waals surface area contributed by atoms with Crippen LogP contribution in [0.15, 0.2) is 21.5 Å². The fourth-order valence-electron chi connectivity index (χ4n) is 3.69. The molecule has 3 rings (SSSR count). The third-order valence-corrected chi connectivity index (χ3v) is 5.26. The lowest BCUT2D eigenvalue weighted by Crippen LogP contribution is -2.42. The van der Waals surface area contributed by atoms with Gasteiger partial charge in [-0.3, -0.25) is 9.59 Å². The van der Waals surface area contributed by atoms with Gasteiger partial charge in [-0.1, -0.05) is 0 Å². The highest BCUT2D eigenvalue weighted by Crippen LogP contribution is 2.47. The third kappa shape index (κ3) is 2.89. The van der Waals surface area contributed by atoms with Crippen molar-refractivity contribution in [3.05, 3.63) is 27.1 Å². The van der Waals surface area contributed by atoms with Gasteiger partial charge in [0.25, 0.3) is 5.56 Å². The van der Waals surface area contributed by atoms with E-state index in [1.165, 1.54) is 4.57 Å². The number of fused-ring (bicyclic) bond motifs is 2. The molecule has 2 fully saturated rings. The Morgan fingerprint density at radius 2 is 2.10 bits per heavy atom. The SMILES string of the molecule is Cl.Cn1cc(NC(=O)C2C3CCC(C3)C2N)cc(Br)c1=O. The van der Waals surface area contributed by atoms with Gasteiger partial charge in [0, 0.05) is 19.3 Å². The molecule has 0 spiro atoms. The molecule has 2 bridgehead atoms. The molecule has 1 heterocycles. The molecule has 2 saturated carbocycles. The number of nitrogens with one attached hydrogen (secondary N) is 1. The highest BCUT2D eigenvalue weighted by atomic mass is 79.9. The van der Waals surface area contributed by atoms with Gasteiger partial charge in [0.15, 0.2) is 0 Å². The molecule has 7 heteroatoms. The van der Waals surface area contributed by atoms with Crippen molar-refractivity contribution in [3.8, 4) is 0 Å². The third-order valence-electron chi connectivity index (χ3n) is 4.69. The number of nitrogens with two attached hydrogens (primary N) is 1. The number of aromatic nitrogens is 1. The minimum Gasteiger partial charge on any atom is -0.327 e. The zero-order valence-corrected chi connectivity index (χ0v) is 14.1. The largest absolute Gasteiger partial charge is 0.327 e. The molecule has 2 aliphatic carbocycles. The van der Waals surface area contributed by atoms with Crippen LogP contribution < -0.4 is 16.6 Å². The van der Waals surface area contributed by atoms with Crippen LogP contribution in [-0.2, 0) is 11.8 Å². The molecule has 21 heavy (non-hydrogen) atoms. The average molecular weight is 377 g/mol. The van der Waals surface area contributed by atoms with E-state index < -0.39 is 0 Å². The summed E-state index contributed by atoms with van der Waals surface area (Å²) in [5.74, 6) is 0.814. The number of anilines is 1. The Bertz CT molecular complexity index is 590. The molecule has 1 aromatic rings. The number of aryl methyl sites for hydroxylation is 1. The van der Waals surface area contributed by atoms with Crippen molar-refractivity contribution in [2.45, 2.75) is 25.3 Å². The smallest absolute Gasteiger partial charge is 0.264 e. The number of pyridine rings is 1. The standard InChI is InChI=1S/C14H18BrN3O2.ClH/c1-18-6-9(5-10(15)14(18)20)17-13(19)11-7-2-3-8(4-7)12(11)16;/h5-8,11-12H,2-4,16H2,1H3,(H,17,19);1H. The van der Waals surface area contributed by atoms with Crippen LogP contribution in [0.2, 0.25) is 0 Å². The van der Waals surface area contributed by atoms with Crippen LogP contribution in [0.5, 0.6) is 0 Å². The van der Waals surface area contributed by atoms with E-state index in [4.69, 9.17) is 5.73 Å². The van der Waals surface area contributed by atoms with Crippen LogP contribution in [0.25, 0.3) is 0 Å². The Labute approximate surface area is 137 Å². The summed E-state index contributed by atoms with van der Waals surface area (Å²) in [6, 6.07) is 1.61. The van der Waals surface area contributed by atoms with E-state index >= 15 is 0 Å². The lowest BCUT2D eigenvalue weighted by atomic mass is 9.84. The van der Waals surface area contributed by atoms with E-state index in [0.717, 1.165) is 19.3 Å². The molecule has 3 N–H and O–H groups in total. The predicted molar refractivity (Wildman–Crippen MR) is 87.6 cm³/mol. The van der Waals surface area contributed by atoms with Gasteiger partial charge in [-0.15, -0.1) is 12.4 Å². The van der Waals surface area contributed by atoms with Crippen molar-refractivity contribution in [3.63, 3.8) is 0 Å². The second kappa shape index (κ2) is 6.10. The summed E-state index contributed by atoms with van der Waals surface area (Å²) in [7, 11) is 1.66. The van der Waals surface area contributed by atoms with Crippen molar-refractivity contribution in [1.29, 1.82) is 0 Å². The molecule has 1 aromatic heterocycles. The summed E-state index contributed by atoms with van der Waals surface area (Å²) < 4.78 is 1.88. The maximum absolute atomic E-state index is 12.4. The van der Waals surface area contributed by atoms with E-state index in [1.807, 2.05) is 0 Å². The topological polar surface area (TPSA) is 77.1 Å². The van der Waals surface area contributed by atoms with E-state index in [9.17, 15) is 9.59 Å². The summed E-state index contributed by atoms with van der Waals surface area (Å²) >= 11 is 3.21. The van der Waals surface area contributed by atoms with Gasteiger partial charge in [0.1, 0.15) is 0 Å². The first-order chi connectivity index (χ1) is 9.47. The minimum absolute atomic E-state index is 0. The van der Waals surface area contributed by atoms with Crippen molar-refractivity contribution >= 4 is 39.9 Å². The van der Waals surface area contributed by atoms with Crippen LogP contribution in [0.4, 0.5) is 5.69 Å². The zero-order valence-electron chi connectivity index (χ0n) is 11.7. The molecular formula is C14H19BrClN3O2. The van der Waals surface area contributed by atoms with E-state index in [2.05, 4.69) is 21.2 Å². The number of rotatable bonds is 2. The minimum atomic E-state index is -0.125. The lowest BCUT2D eigenvalue weighted by molar-refractivity contribution is -0.121. The molecule has 0 aliphatic heterocycles. The molecule has 0 radical (unpaired) electrons. The van der Waals surface area contributed by atoms with Crippen LogP contribution >= 0.6 is 28.3 Å². The molecule has 5 nitrogen and oxygen atoms in total. The first-order valence-corrected chi connectivity index (χ1v) is 7.69. The molecular weight excluding hydrogens is 358 g/mol. The number of nitrogens with zero attached hydrogens (tertiary/aromatic N) is 1. The van der Waals surface area contributed by atoms with E-state index in [0.29, 0.717) is 22.0 Å². The Balaban J connectivity index is 0.00000161. The quantitative estimate of drug-likeness (QED) is 0.827. The Kier molecular flexibility index (Phi) is 4.80. The number of hydrogen-bond acceptors (Lipinski definition) is 3. The summed E-state index contributed by atoms with van der Waals surface area (Å²) in [6.07, 6.45) is 4.97. The number of amides is 1. The second-order valence-electron chi connectivity index (χ2n) is 5.92. The van der Waals surface area contributed by atoms with Crippen LogP contribution in [0.3, 0.4) is 0 Å². The summed E-state index contributed by atoms with van der Waals surface area (Å²) in [4.78, 5) is 24.0. The van der Waals surface area contributed by atoms with Crippen molar-refractivity contribution in [2.75, 3.05) is 5.32 Å². The van der Waals surface area contributed by atoms with Gasteiger partial charge in [-0.2, -0.15) is 0 Å². The maximum atomic E-state index is 12.4. The maximum Gasteiger partial charge on any atom is 0.264 e. The van der Waals surface area contributed by atoms with Crippen molar-refractivity contribution < 1.29 is 4.79 Å². The van der Waals surface area contributed by atoms with Crippen LogP contribution in [0, 0.1) is 17.8 Å². The zero-order chi connectivity index (χ0) is 14.4. The highest BCUT2D eigenvalue weighted by Gasteiger charge is 2.49. The number of hydrogen-bond donors (Lipinski definition) is 2. The van der Waals surface area contributed by atoms with Gasteiger partial charge in [0.05, 0.1) is 16.1 Å². The summed E-state index contributed by atoms with van der Waals surface area (Å²) in [5, 5.41) is 2.90. The van der Waals surface area contributed by atoms with Gasteiger partial charge in [-0.25, -0.2) is 0 Å². The Morgan fingerprint density at radius 1 is 1.43 bits per heavy atom. The Hall–Kier alpha value is -0.850. The molecule has 0 saturated heterocycles. The van der Waals surface area contributed by atoms with Crippen LogP contribution in [0.1, 0.15) is 19.3 Å². The summed E-state index contributed by atoms with van der Waals surface area (Å²) in [5.41, 5.74) is 6.68. The van der Waals surface area contributed by atoms with Gasteiger partial charge in [0.2, 0.25) is 5.91 Å². The normalized spacial score (nSPS) is 30.0. The van der Waals surface area contributed by atoms with E-state index in [1.54, 1.807) is 19.3 Å². The number of halogens is 2. The van der Waals surface area contributed by atoms with E-state index in [-0.39, 0.29) is 35.8 Å². The molecule has 4 atom stereocenters. The fraction of sp³-hybridized carbons (Fsp3) is 0.571. The highest BCUT2D eigenvalue weighted by molar-refractivity contribution is 9.10. The molecule has 2 aliphatic rings. The van der Waals surface area contributed by atoms with Gasteiger partial charge >= 0.3 is 0 Å². The lowest BCUT2D eigenvalue weighted by Gasteiger charge is -2.27. The van der Waals surface area contributed by atoms with Gasteiger partial charge in [-0.05, 0) is 53.1 Å². The van der Waals surface area contributed by atoms with Crippen molar-refractivity contribution in [1.82, 2.24) is 4.57 Å². The number of carbonyl (C=O) groups excluding carboxylic acids is 1. The average Bonchev–Trinajstić information content (AvgIpc) is 2.96. The molecule has 0 aromatic carbocycles. The molecule has 116 valence electrons. The monoisotopic (exact) mass is 375 g/mol. The number of carbonyl (C=O) groups is 1. The second-order valence-corrected chi connectivity index (χ2v) is 6.77. The Morgan fingerprint density at radius 3 is 2.67 bits per heavy atom. The first-order valence-electron chi connectivity index (χ1n) is 6.90. The molecule has 1 amide bonds. The fourth-order valence-corrected chi connectivity index (χ4v) is 4.22. The van der Waals surface area contributed by atoms with Crippen LogP contribution in [-0.4, -0.2) is 16.5 Å². The van der Waals surface area contributed by atoms with Crippen molar-refractivity contribution in [2.24, 2.45) is 30.5 Å². The predicted octanol–water partition coefficient (Wildman–Crippen LogP) is 1.88. The first kappa shape index (κ1) is 16.5.